The van der Waals surface area contributed by atoms with Crippen molar-refractivity contribution in [2.45, 2.75) is 11.4 Å². The molecular weight excluding hydrogens is 342 g/mol. The zero-order valence-corrected chi connectivity index (χ0v) is 12.9. The first-order valence-corrected chi connectivity index (χ1v) is 8.11. The summed E-state index contributed by atoms with van der Waals surface area (Å²) in [5.41, 5.74) is 3.59. The number of rotatable bonds is 5. The SMILES string of the molecule is NNc1ccccc1S(=O)(=O)NCc1ccccc1Br. The van der Waals surface area contributed by atoms with Crippen LogP contribution in [0.4, 0.5) is 5.69 Å². The minimum Gasteiger partial charge on any atom is -0.323 e. The van der Waals surface area contributed by atoms with Gasteiger partial charge in [-0.3, -0.25) is 5.84 Å². The molecular formula is C13H14BrN3O2S. The smallest absolute Gasteiger partial charge is 0.242 e. The van der Waals surface area contributed by atoms with Crippen molar-refractivity contribution < 1.29 is 8.42 Å². The minimum atomic E-state index is -3.63. The molecule has 0 amide bonds. The Kier molecular flexibility index (Phi) is 4.77. The van der Waals surface area contributed by atoms with Crippen molar-refractivity contribution in [1.29, 1.82) is 0 Å². The van der Waals surface area contributed by atoms with E-state index in [2.05, 4.69) is 26.1 Å². The number of nitrogens with one attached hydrogen (secondary N) is 2. The van der Waals surface area contributed by atoms with Gasteiger partial charge in [-0.2, -0.15) is 0 Å². The van der Waals surface area contributed by atoms with Crippen LogP contribution in [0.3, 0.4) is 0 Å². The van der Waals surface area contributed by atoms with E-state index in [9.17, 15) is 8.42 Å². The third-order valence-electron chi connectivity index (χ3n) is 2.74. The molecule has 4 N–H and O–H groups in total. The Labute approximate surface area is 126 Å². The van der Waals surface area contributed by atoms with Gasteiger partial charge in [0.2, 0.25) is 10.0 Å². The maximum atomic E-state index is 12.3. The van der Waals surface area contributed by atoms with E-state index in [0.29, 0.717) is 5.69 Å². The van der Waals surface area contributed by atoms with Crippen LogP contribution < -0.4 is 16.0 Å². The highest BCUT2D eigenvalue weighted by Crippen LogP contribution is 2.21. The molecule has 0 aliphatic heterocycles. The highest BCUT2D eigenvalue weighted by molar-refractivity contribution is 9.10. The van der Waals surface area contributed by atoms with Crippen molar-refractivity contribution in [2.75, 3.05) is 5.43 Å². The Morgan fingerprint density at radius 2 is 1.70 bits per heavy atom. The number of nitrogens with two attached hydrogens (primary N) is 1. The number of nitrogen functional groups attached to an aromatic ring is 1. The van der Waals surface area contributed by atoms with Gasteiger partial charge in [-0.05, 0) is 23.8 Å². The molecule has 2 aromatic carbocycles. The molecule has 2 aromatic rings. The minimum absolute atomic E-state index is 0.120. The maximum Gasteiger partial charge on any atom is 0.242 e. The van der Waals surface area contributed by atoms with Crippen LogP contribution in [0.1, 0.15) is 5.56 Å². The summed E-state index contributed by atoms with van der Waals surface area (Å²) in [4.78, 5) is 0.120. The standard InChI is InChI=1S/C13H14BrN3O2S/c14-11-6-2-1-5-10(11)9-16-20(18,19)13-8-4-3-7-12(13)17-15/h1-8,16-17H,9,15H2. The van der Waals surface area contributed by atoms with Gasteiger partial charge in [0.25, 0.3) is 0 Å². The van der Waals surface area contributed by atoms with E-state index in [0.717, 1.165) is 10.0 Å². The van der Waals surface area contributed by atoms with Gasteiger partial charge in [0.1, 0.15) is 4.90 Å². The zero-order chi connectivity index (χ0) is 14.6. The molecule has 106 valence electrons. The lowest BCUT2D eigenvalue weighted by Gasteiger charge is -2.11. The molecule has 2 rings (SSSR count). The fraction of sp³-hybridized carbons (Fsp3) is 0.0769. The summed E-state index contributed by atoms with van der Waals surface area (Å²) < 4.78 is 28.0. The summed E-state index contributed by atoms with van der Waals surface area (Å²) in [6, 6.07) is 13.9. The predicted octanol–water partition coefficient (Wildman–Crippen LogP) is 2.21. The van der Waals surface area contributed by atoms with E-state index in [1.807, 2.05) is 24.3 Å². The van der Waals surface area contributed by atoms with E-state index in [1.54, 1.807) is 18.2 Å². The predicted molar refractivity (Wildman–Crippen MR) is 82.4 cm³/mol. The van der Waals surface area contributed by atoms with Crippen LogP contribution in [0.5, 0.6) is 0 Å². The Balaban J connectivity index is 2.22. The second-order valence-electron chi connectivity index (χ2n) is 4.06. The van der Waals surface area contributed by atoms with Crippen LogP contribution in [-0.4, -0.2) is 8.42 Å². The molecule has 0 radical (unpaired) electrons. The first-order valence-electron chi connectivity index (χ1n) is 5.83. The average molecular weight is 356 g/mol. The normalized spacial score (nSPS) is 11.3. The van der Waals surface area contributed by atoms with Gasteiger partial charge in [0.05, 0.1) is 5.69 Å². The van der Waals surface area contributed by atoms with Crippen LogP contribution >= 0.6 is 15.9 Å². The van der Waals surface area contributed by atoms with Gasteiger partial charge in [-0.1, -0.05) is 46.3 Å². The molecule has 7 heteroatoms. The van der Waals surface area contributed by atoms with Gasteiger partial charge < -0.3 is 5.43 Å². The van der Waals surface area contributed by atoms with Crippen LogP contribution in [0, 0.1) is 0 Å². The van der Waals surface area contributed by atoms with E-state index < -0.39 is 10.0 Å². The van der Waals surface area contributed by atoms with Gasteiger partial charge >= 0.3 is 0 Å². The molecule has 0 saturated heterocycles. The quantitative estimate of drug-likeness (QED) is 0.567. The average Bonchev–Trinajstić information content (AvgIpc) is 2.46. The Bertz CT molecular complexity index is 704. The fourth-order valence-corrected chi connectivity index (χ4v) is 3.31. The highest BCUT2D eigenvalue weighted by Gasteiger charge is 2.17. The number of para-hydroxylation sites is 1. The van der Waals surface area contributed by atoms with Gasteiger partial charge in [-0.15, -0.1) is 0 Å². The second kappa shape index (κ2) is 6.36. The second-order valence-corrected chi connectivity index (χ2v) is 6.65. The fourth-order valence-electron chi connectivity index (χ4n) is 1.71. The largest absolute Gasteiger partial charge is 0.323 e. The number of benzene rings is 2. The topological polar surface area (TPSA) is 84.2 Å². The third kappa shape index (κ3) is 3.37. The highest BCUT2D eigenvalue weighted by atomic mass is 79.9. The molecule has 5 nitrogen and oxygen atoms in total. The lowest BCUT2D eigenvalue weighted by molar-refractivity contribution is 0.581. The molecule has 0 bridgehead atoms. The first kappa shape index (κ1) is 15.0. The van der Waals surface area contributed by atoms with Gasteiger partial charge in [-0.25, -0.2) is 13.1 Å². The monoisotopic (exact) mass is 355 g/mol. The lowest BCUT2D eigenvalue weighted by atomic mass is 10.2. The van der Waals surface area contributed by atoms with Crippen molar-refractivity contribution in [2.24, 2.45) is 5.84 Å². The Morgan fingerprint density at radius 3 is 2.40 bits per heavy atom. The van der Waals surface area contributed by atoms with Crippen LogP contribution in [0.25, 0.3) is 0 Å². The molecule has 0 heterocycles. The summed E-state index contributed by atoms with van der Waals surface area (Å²) in [6.07, 6.45) is 0. The molecule has 20 heavy (non-hydrogen) atoms. The molecule has 0 fully saturated rings. The third-order valence-corrected chi connectivity index (χ3v) is 4.98. The number of hydrogen-bond acceptors (Lipinski definition) is 4. The molecule has 0 aliphatic rings. The van der Waals surface area contributed by atoms with E-state index in [-0.39, 0.29) is 11.4 Å². The number of hydrogen-bond donors (Lipinski definition) is 3. The number of hydrazine groups is 1. The van der Waals surface area contributed by atoms with Crippen molar-refractivity contribution >= 4 is 31.6 Å². The van der Waals surface area contributed by atoms with E-state index in [1.165, 1.54) is 6.07 Å². The molecule has 0 saturated carbocycles. The summed E-state index contributed by atoms with van der Waals surface area (Å²) in [6.45, 7) is 0.197. The van der Waals surface area contributed by atoms with Gasteiger partial charge in [0.15, 0.2) is 0 Å². The van der Waals surface area contributed by atoms with E-state index >= 15 is 0 Å². The van der Waals surface area contributed by atoms with Crippen LogP contribution in [0.15, 0.2) is 57.9 Å². The maximum absolute atomic E-state index is 12.3. The molecule has 0 spiro atoms. The summed E-state index contributed by atoms with van der Waals surface area (Å²) in [5, 5.41) is 0. The van der Waals surface area contributed by atoms with Crippen molar-refractivity contribution in [3.05, 3.63) is 58.6 Å². The number of halogens is 1. The van der Waals surface area contributed by atoms with E-state index in [4.69, 9.17) is 5.84 Å². The number of anilines is 1. The van der Waals surface area contributed by atoms with Crippen LogP contribution in [-0.2, 0) is 16.6 Å². The Morgan fingerprint density at radius 1 is 1.05 bits per heavy atom. The molecule has 0 unspecified atom stereocenters. The van der Waals surface area contributed by atoms with Crippen molar-refractivity contribution in [3.63, 3.8) is 0 Å². The number of sulfonamides is 1. The molecule has 0 atom stereocenters. The van der Waals surface area contributed by atoms with Crippen LogP contribution in [0.2, 0.25) is 0 Å². The first-order chi connectivity index (χ1) is 9.54. The zero-order valence-electron chi connectivity index (χ0n) is 10.5. The lowest BCUT2D eigenvalue weighted by Crippen LogP contribution is -2.25. The Hall–Kier alpha value is -1.41. The summed E-state index contributed by atoms with van der Waals surface area (Å²) >= 11 is 3.38. The summed E-state index contributed by atoms with van der Waals surface area (Å²) in [5.74, 6) is 5.33. The van der Waals surface area contributed by atoms with Crippen molar-refractivity contribution in [3.8, 4) is 0 Å². The molecule has 0 aromatic heterocycles. The molecule has 0 aliphatic carbocycles. The van der Waals surface area contributed by atoms with Crippen molar-refractivity contribution in [1.82, 2.24) is 4.72 Å². The summed E-state index contributed by atoms with van der Waals surface area (Å²) in [7, 11) is -3.63. The van der Waals surface area contributed by atoms with Gasteiger partial charge in [0, 0.05) is 11.0 Å².